The Kier molecular flexibility index (Phi) is 4.89. The molecule has 1 heterocycles. The molecule has 1 aromatic rings. The quantitative estimate of drug-likeness (QED) is 0.893. The topological polar surface area (TPSA) is 63.4 Å². The third kappa shape index (κ3) is 3.72. The van der Waals surface area contributed by atoms with Crippen LogP contribution in [0.3, 0.4) is 0 Å². The molecule has 1 atom stereocenters. The summed E-state index contributed by atoms with van der Waals surface area (Å²) in [6.45, 7) is 0.478. The van der Waals surface area contributed by atoms with Crippen molar-refractivity contribution in [3.8, 4) is 0 Å². The second kappa shape index (κ2) is 6.26. The molecule has 1 fully saturated rings. The zero-order valence-electron chi connectivity index (χ0n) is 11.1. The van der Waals surface area contributed by atoms with E-state index in [2.05, 4.69) is 0 Å². The fraction of sp³-hybridized carbons (Fsp3) is 0.538. The Balaban J connectivity index is 2.06. The molecule has 2 rings (SSSR count). The van der Waals surface area contributed by atoms with Crippen molar-refractivity contribution in [2.45, 2.75) is 24.8 Å². The summed E-state index contributed by atoms with van der Waals surface area (Å²) in [6, 6.07) is 7.61. The van der Waals surface area contributed by atoms with Crippen molar-refractivity contribution in [1.29, 1.82) is 0 Å². The molecule has 0 aromatic heterocycles. The van der Waals surface area contributed by atoms with Crippen LogP contribution in [0.1, 0.15) is 17.5 Å². The van der Waals surface area contributed by atoms with E-state index in [-0.39, 0.29) is 11.8 Å². The summed E-state index contributed by atoms with van der Waals surface area (Å²) < 4.78 is 26.2. The van der Waals surface area contributed by atoms with Crippen LogP contribution in [0.4, 0.5) is 0 Å². The van der Waals surface area contributed by atoms with Gasteiger partial charge < -0.3 is 5.73 Å². The van der Waals surface area contributed by atoms with Gasteiger partial charge in [0.25, 0.3) is 0 Å². The van der Waals surface area contributed by atoms with Crippen LogP contribution in [-0.4, -0.2) is 37.3 Å². The van der Waals surface area contributed by atoms with Gasteiger partial charge in [0.05, 0.1) is 5.75 Å². The molecule has 106 valence electrons. The summed E-state index contributed by atoms with van der Waals surface area (Å²) in [4.78, 5) is 0. The minimum absolute atomic E-state index is 0.0650. The van der Waals surface area contributed by atoms with Crippen LogP contribution in [0.5, 0.6) is 0 Å². The largest absolute Gasteiger partial charge is 0.326 e. The van der Waals surface area contributed by atoms with E-state index in [0.29, 0.717) is 6.54 Å². The van der Waals surface area contributed by atoms with Gasteiger partial charge in [-0.3, -0.25) is 0 Å². The number of hydrogen-bond donors (Lipinski definition) is 1. The first kappa shape index (κ1) is 14.8. The second-order valence-corrected chi connectivity index (χ2v) is 7.99. The Morgan fingerprint density at radius 3 is 2.47 bits per heavy atom. The summed E-state index contributed by atoms with van der Waals surface area (Å²) in [5.41, 5.74) is 7.36. The normalized spacial score (nSPS) is 20.1. The minimum Gasteiger partial charge on any atom is -0.326 e. The van der Waals surface area contributed by atoms with Gasteiger partial charge in [0.1, 0.15) is 0 Å². The van der Waals surface area contributed by atoms with Crippen LogP contribution >= 0.6 is 11.8 Å². The number of benzene rings is 1. The molecule has 1 unspecified atom stereocenters. The highest BCUT2D eigenvalue weighted by molar-refractivity contribution is 7.99. The van der Waals surface area contributed by atoms with E-state index < -0.39 is 10.0 Å². The first-order chi connectivity index (χ1) is 9.03. The molecule has 0 bridgehead atoms. The molecule has 4 nitrogen and oxygen atoms in total. The van der Waals surface area contributed by atoms with Gasteiger partial charge >= 0.3 is 0 Å². The summed E-state index contributed by atoms with van der Waals surface area (Å²) >= 11 is 1.82. The fourth-order valence-electron chi connectivity index (χ4n) is 2.12. The van der Waals surface area contributed by atoms with Gasteiger partial charge in [-0.1, -0.05) is 24.3 Å². The van der Waals surface area contributed by atoms with Crippen LogP contribution in [0, 0.1) is 0 Å². The number of nitrogens with two attached hydrogens (primary N) is 1. The van der Waals surface area contributed by atoms with Gasteiger partial charge in [0.15, 0.2) is 0 Å². The lowest BCUT2D eigenvalue weighted by molar-refractivity contribution is 0.394. The Bertz CT molecular complexity index is 508. The first-order valence-electron chi connectivity index (χ1n) is 6.34. The molecular weight excluding hydrogens is 280 g/mol. The number of nitrogens with zero attached hydrogens (tertiary/aromatic N) is 1. The van der Waals surface area contributed by atoms with Crippen molar-refractivity contribution < 1.29 is 8.42 Å². The Hall–Kier alpha value is -0.560. The summed E-state index contributed by atoms with van der Waals surface area (Å²) in [5.74, 6) is 2.02. The van der Waals surface area contributed by atoms with E-state index >= 15 is 0 Å². The number of hydrogen-bond acceptors (Lipinski definition) is 4. The molecular formula is C13H20N2O2S2. The van der Waals surface area contributed by atoms with Gasteiger partial charge in [0.2, 0.25) is 10.0 Å². The molecule has 6 heteroatoms. The van der Waals surface area contributed by atoms with Crippen molar-refractivity contribution in [3.63, 3.8) is 0 Å². The number of thioether (sulfide) groups is 1. The van der Waals surface area contributed by atoms with Crippen molar-refractivity contribution in [3.05, 3.63) is 35.4 Å². The molecule has 1 aromatic carbocycles. The SMILES string of the molecule is CN(C1CCSC1)S(=O)(=O)Cc1ccc(CN)cc1. The van der Waals surface area contributed by atoms with Crippen molar-refractivity contribution in [2.75, 3.05) is 18.6 Å². The third-order valence-electron chi connectivity index (χ3n) is 3.47. The number of rotatable bonds is 5. The molecule has 0 amide bonds. The fourth-order valence-corrected chi connectivity index (χ4v) is 4.93. The molecule has 1 saturated heterocycles. The van der Waals surface area contributed by atoms with Crippen LogP contribution < -0.4 is 5.73 Å². The second-order valence-electron chi connectivity index (χ2n) is 4.81. The summed E-state index contributed by atoms with van der Waals surface area (Å²) in [5, 5.41) is 0. The molecule has 2 N–H and O–H groups in total. The Labute approximate surface area is 119 Å². The van der Waals surface area contributed by atoms with Crippen molar-refractivity contribution in [1.82, 2.24) is 4.31 Å². The molecule has 0 radical (unpaired) electrons. The van der Waals surface area contributed by atoms with Crippen LogP contribution in [0.2, 0.25) is 0 Å². The maximum atomic E-state index is 12.3. The van der Waals surface area contributed by atoms with Gasteiger partial charge in [-0.05, 0) is 23.3 Å². The zero-order valence-corrected chi connectivity index (χ0v) is 12.7. The maximum absolute atomic E-state index is 12.3. The summed E-state index contributed by atoms with van der Waals surface area (Å²) in [7, 11) is -1.53. The average Bonchev–Trinajstić information content (AvgIpc) is 2.92. The Morgan fingerprint density at radius 1 is 1.32 bits per heavy atom. The smallest absolute Gasteiger partial charge is 0.218 e. The molecule has 0 aliphatic carbocycles. The van der Waals surface area contributed by atoms with Crippen molar-refractivity contribution >= 4 is 21.8 Å². The van der Waals surface area contributed by atoms with Gasteiger partial charge in [-0.15, -0.1) is 0 Å². The predicted octanol–water partition coefficient (Wildman–Crippen LogP) is 1.41. The standard InChI is InChI=1S/C13H20N2O2S2/c1-15(13-6-7-18-9-13)19(16,17)10-12-4-2-11(8-14)3-5-12/h2-5,13H,6-10,14H2,1H3. The third-order valence-corrected chi connectivity index (χ3v) is 6.49. The first-order valence-corrected chi connectivity index (χ1v) is 9.10. The lowest BCUT2D eigenvalue weighted by Crippen LogP contribution is -2.37. The van der Waals surface area contributed by atoms with Gasteiger partial charge in [-0.2, -0.15) is 11.8 Å². The highest BCUT2D eigenvalue weighted by Crippen LogP contribution is 2.24. The van der Waals surface area contributed by atoms with Crippen LogP contribution in [0.15, 0.2) is 24.3 Å². The highest BCUT2D eigenvalue weighted by atomic mass is 32.2. The van der Waals surface area contributed by atoms with E-state index in [0.717, 1.165) is 29.1 Å². The molecule has 1 aliphatic rings. The average molecular weight is 300 g/mol. The van der Waals surface area contributed by atoms with Crippen LogP contribution in [-0.2, 0) is 22.3 Å². The lowest BCUT2D eigenvalue weighted by atomic mass is 10.1. The molecule has 0 spiro atoms. The summed E-state index contributed by atoms with van der Waals surface area (Å²) in [6.07, 6.45) is 0.951. The van der Waals surface area contributed by atoms with E-state index in [1.165, 1.54) is 0 Å². The maximum Gasteiger partial charge on any atom is 0.218 e. The van der Waals surface area contributed by atoms with E-state index in [4.69, 9.17) is 5.73 Å². The number of sulfonamides is 1. The van der Waals surface area contributed by atoms with Crippen LogP contribution in [0.25, 0.3) is 0 Å². The van der Waals surface area contributed by atoms with E-state index in [1.807, 2.05) is 36.0 Å². The van der Waals surface area contributed by atoms with Gasteiger partial charge in [0, 0.05) is 25.4 Å². The van der Waals surface area contributed by atoms with Crippen molar-refractivity contribution in [2.24, 2.45) is 5.73 Å². The van der Waals surface area contributed by atoms with E-state index in [9.17, 15) is 8.42 Å². The van der Waals surface area contributed by atoms with Gasteiger partial charge in [-0.25, -0.2) is 12.7 Å². The highest BCUT2D eigenvalue weighted by Gasteiger charge is 2.28. The predicted molar refractivity (Wildman–Crippen MR) is 80.5 cm³/mol. The Morgan fingerprint density at radius 2 is 1.95 bits per heavy atom. The monoisotopic (exact) mass is 300 g/mol. The van der Waals surface area contributed by atoms with E-state index in [1.54, 1.807) is 11.4 Å². The molecule has 1 aliphatic heterocycles. The molecule has 19 heavy (non-hydrogen) atoms. The lowest BCUT2D eigenvalue weighted by Gasteiger charge is -2.23. The minimum atomic E-state index is -3.23. The molecule has 0 saturated carbocycles. The zero-order chi connectivity index (χ0) is 13.9.